The fourth-order valence-electron chi connectivity index (χ4n) is 5.17. The highest BCUT2D eigenvalue weighted by molar-refractivity contribution is 7.50. The minimum atomic E-state index is -4.77. The van der Waals surface area contributed by atoms with Gasteiger partial charge in [0, 0.05) is 29.4 Å². The summed E-state index contributed by atoms with van der Waals surface area (Å²) < 4.78 is 23.2. The smallest absolute Gasteiger partial charge is 0.405 e. The molecule has 1 amide bonds. The van der Waals surface area contributed by atoms with Gasteiger partial charge in [0.2, 0.25) is 5.91 Å². The first kappa shape index (κ1) is 28.7. The fourth-order valence-corrected chi connectivity index (χ4v) is 6.30. The second-order valence-electron chi connectivity index (χ2n) is 10.4. The summed E-state index contributed by atoms with van der Waals surface area (Å²) in [5, 5.41) is 46.0. The molecule has 2 heterocycles. The number of carbonyl (C=O) groups is 2. The monoisotopic (exact) mass is 555 g/mol. The third-order valence-corrected chi connectivity index (χ3v) is 8.39. The summed E-state index contributed by atoms with van der Waals surface area (Å²) in [7, 11) is -4.77. The van der Waals surface area contributed by atoms with Crippen molar-refractivity contribution in [3.8, 4) is 0 Å². The van der Waals surface area contributed by atoms with Gasteiger partial charge in [-0.1, -0.05) is 39.0 Å². The third kappa shape index (κ3) is 5.51. The van der Waals surface area contributed by atoms with Crippen LogP contribution in [-0.4, -0.2) is 78.5 Å². The Morgan fingerprint density at radius 2 is 1.89 bits per heavy atom. The number of rotatable bonds is 11. The molecule has 1 saturated carbocycles. The molecule has 7 unspecified atom stereocenters. The van der Waals surface area contributed by atoms with Crippen molar-refractivity contribution in [2.75, 3.05) is 0 Å². The number of aliphatic hydroxyl groups is 3. The van der Waals surface area contributed by atoms with Crippen molar-refractivity contribution >= 4 is 30.5 Å². The first-order valence-corrected chi connectivity index (χ1v) is 13.9. The molecule has 0 spiro atoms. The van der Waals surface area contributed by atoms with Gasteiger partial charge in [0.25, 0.3) is 0 Å². The van der Waals surface area contributed by atoms with E-state index < -0.39 is 67.8 Å². The zero-order valence-corrected chi connectivity index (χ0v) is 22.0. The van der Waals surface area contributed by atoms with Crippen molar-refractivity contribution in [3.63, 3.8) is 0 Å². The van der Waals surface area contributed by atoms with Gasteiger partial charge in [-0.25, -0.2) is 14.4 Å². The molecule has 0 radical (unpaired) electrons. The number of ether oxygens (including phenoxy) is 1. The van der Waals surface area contributed by atoms with E-state index >= 15 is 0 Å². The van der Waals surface area contributed by atoms with Crippen LogP contribution in [0.2, 0.25) is 0 Å². The average molecular weight is 556 g/mol. The number of amides is 1. The van der Waals surface area contributed by atoms with Crippen molar-refractivity contribution in [1.82, 2.24) is 15.4 Å². The number of aromatic nitrogens is 1. The number of carboxylic acids is 1. The van der Waals surface area contributed by atoms with E-state index in [9.17, 15) is 39.5 Å². The summed E-state index contributed by atoms with van der Waals surface area (Å²) in [5.74, 6) is -6.19. The fraction of sp³-hybridized carbons (Fsp3) is 0.583. The van der Waals surface area contributed by atoms with Crippen molar-refractivity contribution in [2.24, 2.45) is 17.8 Å². The average Bonchev–Trinajstić information content (AvgIpc) is 3.28. The number of H-pyrrole nitrogens is 1. The summed E-state index contributed by atoms with van der Waals surface area (Å²) in [4.78, 5) is 38.7. The Bertz CT molecular complexity index is 1240. The van der Waals surface area contributed by atoms with Crippen molar-refractivity contribution in [1.29, 1.82) is 0 Å². The van der Waals surface area contributed by atoms with Crippen LogP contribution in [0.15, 0.2) is 30.5 Å². The molecular weight excluding hydrogens is 521 g/mol. The molecule has 1 aromatic heterocycles. The van der Waals surface area contributed by atoms with Gasteiger partial charge in [-0.05, 0) is 24.0 Å². The van der Waals surface area contributed by atoms with Crippen LogP contribution in [0.25, 0.3) is 10.9 Å². The largest absolute Gasteiger partial charge is 0.480 e. The third-order valence-electron chi connectivity index (χ3n) is 7.26. The second-order valence-corrected chi connectivity index (χ2v) is 11.9. The molecule has 2 aromatic rings. The minimum absolute atomic E-state index is 0.0264. The number of aliphatic carboxylic acids is 1. The number of hydrogen-bond donors (Lipinski definition) is 8. The zero-order chi connectivity index (χ0) is 28.0. The van der Waals surface area contributed by atoms with Crippen LogP contribution in [0.5, 0.6) is 0 Å². The Kier molecular flexibility index (Phi) is 8.04. The number of aliphatic hydroxyl groups excluding tert-OH is 2. The predicted octanol–water partition coefficient (Wildman–Crippen LogP) is 0.434. The van der Waals surface area contributed by atoms with Crippen molar-refractivity contribution < 1.29 is 48.7 Å². The van der Waals surface area contributed by atoms with Crippen LogP contribution in [0.3, 0.4) is 0 Å². The van der Waals surface area contributed by atoms with Gasteiger partial charge in [-0.3, -0.25) is 9.32 Å². The van der Waals surface area contributed by atoms with Crippen LogP contribution in [0, 0.1) is 17.8 Å². The van der Waals surface area contributed by atoms with E-state index in [2.05, 4.69) is 15.4 Å². The first-order valence-electron chi connectivity index (χ1n) is 12.4. The van der Waals surface area contributed by atoms with E-state index in [0.29, 0.717) is 5.56 Å². The predicted molar refractivity (Wildman–Crippen MR) is 133 cm³/mol. The van der Waals surface area contributed by atoms with Crippen LogP contribution < -0.4 is 10.4 Å². The van der Waals surface area contributed by atoms with E-state index in [1.807, 2.05) is 24.3 Å². The maximum absolute atomic E-state index is 13.1. The molecule has 8 N–H and O–H groups in total. The minimum Gasteiger partial charge on any atom is -0.480 e. The quantitative estimate of drug-likeness (QED) is 0.178. The van der Waals surface area contributed by atoms with Crippen LogP contribution in [0.1, 0.15) is 32.8 Å². The van der Waals surface area contributed by atoms with E-state index in [-0.39, 0.29) is 18.8 Å². The molecular formula is C24H34N3O10P. The van der Waals surface area contributed by atoms with Gasteiger partial charge in [0.15, 0.2) is 12.1 Å². The maximum atomic E-state index is 13.1. The molecule has 13 nitrogen and oxygen atoms in total. The van der Waals surface area contributed by atoms with Gasteiger partial charge in [0.1, 0.15) is 6.04 Å². The zero-order valence-electron chi connectivity index (χ0n) is 21.1. The van der Waals surface area contributed by atoms with Crippen molar-refractivity contribution in [2.45, 2.75) is 70.0 Å². The standard InChI is InChI=1S/C24H34N3O10P/c1-11(2)8-16(27-38(34,35)37-23-18-20(29)19(28)12(3)24(18,33)36-23)21(30)26-17(22(31)32)9-13-10-25-15-7-5-4-6-14(13)15/h4-7,10-12,16-20,23,25,28-29,33H,8-9H2,1-3H3,(H,26,30)(H,31,32)(H2,27,34,35)/t12?,16-,17-,18?,19?,20?,23?,24?/m0/s1. The van der Waals surface area contributed by atoms with Gasteiger partial charge in [0.05, 0.1) is 24.2 Å². The Labute approximate surface area is 218 Å². The lowest BCUT2D eigenvalue weighted by molar-refractivity contribution is -0.420. The lowest BCUT2D eigenvalue weighted by Gasteiger charge is -2.49. The molecule has 0 bridgehead atoms. The highest BCUT2D eigenvalue weighted by Crippen LogP contribution is 2.56. The van der Waals surface area contributed by atoms with Crippen LogP contribution in [-0.2, 0) is 29.8 Å². The lowest BCUT2D eigenvalue weighted by atomic mass is 9.90. The van der Waals surface area contributed by atoms with Gasteiger partial charge < -0.3 is 40.4 Å². The van der Waals surface area contributed by atoms with E-state index in [4.69, 9.17) is 9.26 Å². The number of nitrogens with one attached hydrogen (secondary N) is 3. The van der Waals surface area contributed by atoms with Crippen molar-refractivity contribution in [3.05, 3.63) is 36.0 Å². The number of carboxylic acid groups (broad SMARTS) is 1. The lowest BCUT2D eigenvalue weighted by Crippen LogP contribution is -2.63. The summed E-state index contributed by atoms with van der Waals surface area (Å²) in [6, 6.07) is 4.68. The highest BCUT2D eigenvalue weighted by Gasteiger charge is 2.70. The Balaban J connectivity index is 1.44. The summed E-state index contributed by atoms with van der Waals surface area (Å²) in [6.45, 7) is 5.01. The van der Waals surface area contributed by atoms with Gasteiger partial charge in [-0.2, -0.15) is 0 Å². The van der Waals surface area contributed by atoms with Crippen LogP contribution in [0.4, 0.5) is 0 Å². The van der Waals surface area contributed by atoms with E-state index in [1.165, 1.54) is 6.92 Å². The molecule has 2 aliphatic rings. The SMILES string of the molecule is CC(C)C[C@H](NP(=O)(O)OC1OC2(O)C(C)C(O)C(O)C12)C(=O)N[C@@H](Cc1c[nH]c2ccccc12)C(=O)O. The first-order chi connectivity index (χ1) is 17.7. The molecule has 9 atom stereocenters. The number of para-hydroxylation sites is 1. The Morgan fingerprint density at radius 3 is 2.53 bits per heavy atom. The summed E-state index contributed by atoms with van der Waals surface area (Å²) >= 11 is 0. The van der Waals surface area contributed by atoms with Gasteiger partial charge in [-0.15, -0.1) is 0 Å². The summed E-state index contributed by atoms with van der Waals surface area (Å²) in [6.07, 6.45) is -2.59. The molecule has 210 valence electrons. The normalized spacial score (nSPS) is 31.8. The molecule has 14 heteroatoms. The Hall–Kier alpha value is -2.35. The van der Waals surface area contributed by atoms with E-state index in [0.717, 1.165) is 10.9 Å². The molecule has 1 saturated heterocycles. The molecule has 1 aromatic carbocycles. The van der Waals surface area contributed by atoms with Gasteiger partial charge >= 0.3 is 13.7 Å². The number of hydrogen-bond acceptors (Lipinski definition) is 8. The topological polar surface area (TPSA) is 211 Å². The number of fused-ring (bicyclic) bond motifs is 2. The molecule has 1 aliphatic carbocycles. The number of aromatic amines is 1. The maximum Gasteiger partial charge on any atom is 0.405 e. The second kappa shape index (κ2) is 10.7. The van der Waals surface area contributed by atoms with Crippen LogP contribution >= 0.6 is 7.75 Å². The molecule has 2 fully saturated rings. The Morgan fingerprint density at radius 1 is 1.21 bits per heavy atom. The molecule has 4 rings (SSSR count). The molecule has 1 aliphatic heterocycles. The number of carbonyl (C=O) groups excluding carboxylic acids is 1. The number of benzene rings is 1. The van der Waals surface area contributed by atoms with E-state index in [1.54, 1.807) is 20.0 Å². The summed E-state index contributed by atoms with van der Waals surface area (Å²) in [5.41, 5.74) is 1.49. The molecule has 38 heavy (non-hydrogen) atoms. The highest BCUT2D eigenvalue weighted by atomic mass is 31.2.